The molecule has 0 bridgehead atoms. The van der Waals surface area contributed by atoms with E-state index in [-0.39, 0.29) is 6.42 Å². The lowest BCUT2D eigenvalue weighted by Crippen LogP contribution is -2.00. The first-order valence-corrected chi connectivity index (χ1v) is 4.66. The zero-order valence-corrected chi connectivity index (χ0v) is 8.40. The van der Waals surface area contributed by atoms with E-state index in [4.69, 9.17) is 16.7 Å². The second-order valence-electron chi connectivity index (χ2n) is 3.09. The Labute approximate surface area is 90.5 Å². The first-order chi connectivity index (χ1) is 7.15. The van der Waals surface area contributed by atoms with Gasteiger partial charge in [-0.3, -0.25) is 4.79 Å². The highest BCUT2D eigenvalue weighted by atomic mass is 35.5. The maximum Gasteiger partial charge on any atom is 0.307 e. The number of nitrogens with zero attached hydrogens (tertiary/aromatic N) is 2. The normalized spacial score (nSPS) is 10.5. The average Bonchev–Trinajstić information content (AvgIpc) is 2.17. The largest absolute Gasteiger partial charge is 0.481 e. The minimum atomic E-state index is -0.877. The van der Waals surface area contributed by atoms with E-state index in [1.807, 2.05) is 0 Å². The van der Waals surface area contributed by atoms with Crippen molar-refractivity contribution in [3.63, 3.8) is 0 Å². The Morgan fingerprint density at radius 2 is 2.27 bits per heavy atom. The van der Waals surface area contributed by atoms with Crippen LogP contribution in [0.25, 0.3) is 11.0 Å². The van der Waals surface area contributed by atoms with Gasteiger partial charge in [0.05, 0.1) is 6.42 Å². The van der Waals surface area contributed by atoms with E-state index in [1.54, 1.807) is 18.2 Å². The summed E-state index contributed by atoms with van der Waals surface area (Å²) in [6.07, 6.45) is 1.46. The van der Waals surface area contributed by atoms with Crippen molar-refractivity contribution < 1.29 is 9.90 Å². The van der Waals surface area contributed by atoms with E-state index in [0.29, 0.717) is 16.4 Å². The van der Waals surface area contributed by atoms with Crippen molar-refractivity contribution in [1.82, 2.24) is 9.97 Å². The number of carboxylic acid groups (broad SMARTS) is 1. The van der Waals surface area contributed by atoms with Gasteiger partial charge in [0, 0.05) is 11.6 Å². The molecule has 4 nitrogen and oxygen atoms in total. The molecule has 1 N–H and O–H groups in total. The summed E-state index contributed by atoms with van der Waals surface area (Å²) >= 11 is 5.70. The van der Waals surface area contributed by atoms with Crippen molar-refractivity contribution in [3.8, 4) is 0 Å². The Bertz CT molecular complexity index is 528. The second-order valence-corrected chi connectivity index (χ2v) is 3.48. The van der Waals surface area contributed by atoms with Crippen molar-refractivity contribution in [3.05, 3.63) is 35.1 Å². The summed E-state index contributed by atoms with van der Waals surface area (Å²) in [7, 11) is 0. The molecule has 0 fully saturated rings. The molecule has 0 atom stereocenters. The molecule has 0 aromatic carbocycles. The van der Waals surface area contributed by atoms with Crippen LogP contribution in [-0.4, -0.2) is 21.0 Å². The van der Waals surface area contributed by atoms with Gasteiger partial charge in [-0.1, -0.05) is 11.6 Å². The molecule has 2 rings (SSSR count). The second kappa shape index (κ2) is 3.82. The number of pyridine rings is 2. The van der Waals surface area contributed by atoms with Crippen LogP contribution >= 0.6 is 11.6 Å². The topological polar surface area (TPSA) is 63.1 Å². The third-order valence-corrected chi connectivity index (χ3v) is 2.13. The molecule has 0 saturated heterocycles. The SMILES string of the molecule is O=C(O)Cc1cnc2nc(Cl)ccc2c1. The van der Waals surface area contributed by atoms with E-state index in [0.717, 1.165) is 5.39 Å². The molecule has 15 heavy (non-hydrogen) atoms. The number of carbonyl (C=O) groups is 1. The van der Waals surface area contributed by atoms with Gasteiger partial charge < -0.3 is 5.11 Å². The first kappa shape index (κ1) is 9.86. The van der Waals surface area contributed by atoms with Gasteiger partial charge >= 0.3 is 5.97 Å². The first-order valence-electron chi connectivity index (χ1n) is 4.28. The van der Waals surface area contributed by atoms with Gasteiger partial charge in [-0.05, 0) is 23.8 Å². The van der Waals surface area contributed by atoms with E-state index in [2.05, 4.69) is 9.97 Å². The van der Waals surface area contributed by atoms with Crippen molar-refractivity contribution >= 4 is 28.6 Å². The molecule has 5 heteroatoms. The van der Waals surface area contributed by atoms with Crippen LogP contribution < -0.4 is 0 Å². The smallest absolute Gasteiger partial charge is 0.307 e. The van der Waals surface area contributed by atoms with Crippen LogP contribution in [0.2, 0.25) is 5.15 Å². The Morgan fingerprint density at radius 3 is 3.00 bits per heavy atom. The number of halogens is 1. The highest BCUT2D eigenvalue weighted by Crippen LogP contribution is 2.14. The zero-order chi connectivity index (χ0) is 10.8. The summed E-state index contributed by atoms with van der Waals surface area (Å²) in [5, 5.41) is 9.78. The Kier molecular flexibility index (Phi) is 2.51. The zero-order valence-electron chi connectivity index (χ0n) is 7.64. The quantitative estimate of drug-likeness (QED) is 0.789. The number of fused-ring (bicyclic) bond motifs is 1. The van der Waals surface area contributed by atoms with Crippen molar-refractivity contribution in [1.29, 1.82) is 0 Å². The predicted molar refractivity (Wildman–Crippen MR) is 55.9 cm³/mol. The van der Waals surface area contributed by atoms with Crippen LogP contribution in [0.4, 0.5) is 0 Å². The Balaban J connectivity index is 2.47. The van der Waals surface area contributed by atoms with Gasteiger partial charge in [-0.25, -0.2) is 9.97 Å². The summed E-state index contributed by atoms with van der Waals surface area (Å²) in [6.45, 7) is 0. The van der Waals surface area contributed by atoms with Gasteiger partial charge in [-0.15, -0.1) is 0 Å². The minimum absolute atomic E-state index is 0.0361. The number of aliphatic carboxylic acids is 1. The third-order valence-electron chi connectivity index (χ3n) is 1.92. The molecule has 0 saturated carbocycles. The highest BCUT2D eigenvalue weighted by Gasteiger charge is 2.03. The number of hydrogen-bond acceptors (Lipinski definition) is 3. The Morgan fingerprint density at radius 1 is 1.47 bits per heavy atom. The van der Waals surface area contributed by atoms with Crippen molar-refractivity contribution in [2.45, 2.75) is 6.42 Å². The number of rotatable bonds is 2. The molecule has 0 unspecified atom stereocenters. The fraction of sp³-hybridized carbons (Fsp3) is 0.100. The third kappa shape index (κ3) is 2.22. The molecule has 0 aliphatic carbocycles. The molecule has 0 aliphatic rings. The number of aromatic nitrogens is 2. The van der Waals surface area contributed by atoms with Crippen LogP contribution in [-0.2, 0) is 11.2 Å². The van der Waals surface area contributed by atoms with Gasteiger partial charge in [0.15, 0.2) is 5.65 Å². The van der Waals surface area contributed by atoms with Gasteiger partial charge in [-0.2, -0.15) is 0 Å². The molecular formula is C10H7ClN2O2. The summed E-state index contributed by atoms with van der Waals surface area (Å²) in [6, 6.07) is 5.17. The molecule has 0 spiro atoms. The van der Waals surface area contributed by atoms with Gasteiger partial charge in [0.25, 0.3) is 0 Å². The summed E-state index contributed by atoms with van der Waals surface area (Å²) in [5.74, 6) is -0.877. The van der Waals surface area contributed by atoms with Crippen LogP contribution in [0, 0.1) is 0 Å². The standard InChI is InChI=1S/C10H7ClN2O2/c11-8-2-1-7-3-6(4-9(14)15)5-12-10(7)13-8/h1-3,5H,4H2,(H,14,15). The fourth-order valence-electron chi connectivity index (χ4n) is 1.30. The molecule has 2 aromatic heterocycles. The van der Waals surface area contributed by atoms with Gasteiger partial charge in [0.2, 0.25) is 0 Å². The van der Waals surface area contributed by atoms with Crippen molar-refractivity contribution in [2.24, 2.45) is 0 Å². The summed E-state index contributed by atoms with van der Waals surface area (Å²) in [5.41, 5.74) is 1.18. The summed E-state index contributed by atoms with van der Waals surface area (Å²) in [4.78, 5) is 18.5. The molecule has 0 aliphatic heterocycles. The van der Waals surface area contributed by atoms with Crippen LogP contribution in [0.3, 0.4) is 0 Å². The Hall–Kier alpha value is -1.68. The molecule has 0 amide bonds. The van der Waals surface area contributed by atoms with E-state index >= 15 is 0 Å². The number of hydrogen-bond donors (Lipinski definition) is 1. The minimum Gasteiger partial charge on any atom is -0.481 e. The lowest BCUT2D eigenvalue weighted by atomic mass is 10.1. The monoisotopic (exact) mass is 222 g/mol. The van der Waals surface area contributed by atoms with E-state index in [9.17, 15) is 4.79 Å². The van der Waals surface area contributed by atoms with Crippen molar-refractivity contribution in [2.75, 3.05) is 0 Å². The van der Waals surface area contributed by atoms with Gasteiger partial charge in [0.1, 0.15) is 5.15 Å². The molecular weight excluding hydrogens is 216 g/mol. The van der Waals surface area contributed by atoms with E-state index in [1.165, 1.54) is 6.20 Å². The summed E-state index contributed by atoms with van der Waals surface area (Å²) < 4.78 is 0. The number of carboxylic acids is 1. The molecule has 76 valence electrons. The van der Waals surface area contributed by atoms with Crippen LogP contribution in [0.5, 0.6) is 0 Å². The fourth-order valence-corrected chi connectivity index (χ4v) is 1.45. The maximum absolute atomic E-state index is 10.5. The predicted octanol–water partition coefficient (Wildman–Crippen LogP) is 1.91. The lowest BCUT2D eigenvalue weighted by Gasteiger charge is -1.99. The average molecular weight is 223 g/mol. The van der Waals surface area contributed by atoms with Crippen LogP contribution in [0.1, 0.15) is 5.56 Å². The highest BCUT2D eigenvalue weighted by molar-refractivity contribution is 6.29. The molecule has 0 radical (unpaired) electrons. The maximum atomic E-state index is 10.5. The lowest BCUT2D eigenvalue weighted by molar-refractivity contribution is -0.136. The molecule has 2 heterocycles. The van der Waals surface area contributed by atoms with E-state index < -0.39 is 5.97 Å². The molecule has 2 aromatic rings. The van der Waals surface area contributed by atoms with Crippen LogP contribution in [0.15, 0.2) is 24.4 Å².